The summed E-state index contributed by atoms with van der Waals surface area (Å²) >= 11 is 0. The molecule has 1 heterocycles. The van der Waals surface area contributed by atoms with E-state index in [1.165, 1.54) is 180 Å². The smallest absolute Gasteiger partial charge is 0.222 e. The third-order valence-corrected chi connectivity index (χ3v) is 9.97. The minimum atomic E-state index is 0.300. The van der Waals surface area contributed by atoms with Crippen molar-refractivity contribution < 1.29 is 9.59 Å². The number of nitrogens with zero attached hydrogens (tertiary/aromatic N) is 2. The van der Waals surface area contributed by atoms with Gasteiger partial charge < -0.3 is 9.80 Å². The van der Waals surface area contributed by atoms with Crippen molar-refractivity contribution in [1.29, 1.82) is 0 Å². The molecule has 0 saturated carbocycles. The number of rotatable bonds is 32. The molecule has 4 heteroatoms. The summed E-state index contributed by atoms with van der Waals surface area (Å²) in [4.78, 5) is 29.3. The van der Waals surface area contributed by atoms with Crippen LogP contribution in [-0.4, -0.2) is 47.8 Å². The third kappa shape index (κ3) is 28.9. The molecule has 0 aromatic rings. The van der Waals surface area contributed by atoms with Crippen molar-refractivity contribution in [1.82, 2.24) is 9.80 Å². The molecule has 1 fully saturated rings. The minimum Gasteiger partial charge on any atom is -0.339 e. The Labute approximate surface area is 289 Å². The van der Waals surface area contributed by atoms with Crippen LogP contribution in [0.25, 0.3) is 0 Å². The van der Waals surface area contributed by atoms with E-state index in [0.717, 1.165) is 39.0 Å². The monoisotopic (exact) mass is 647 g/mol. The van der Waals surface area contributed by atoms with E-state index in [4.69, 9.17) is 0 Å². The summed E-state index contributed by atoms with van der Waals surface area (Å²) < 4.78 is 0. The van der Waals surface area contributed by atoms with Crippen molar-refractivity contribution in [3.05, 3.63) is 13.2 Å². The Balaban J connectivity index is 0.00000991. The summed E-state index contributed by atoms with van der Waals surface area (Å²) in [5.74, 6) is 0.600. The Bertz CT molecular complexity index is 590. The molecule has 1 saturated heterocycles. The standard InChI is InChI=1S/C40H78N2O2.C2H4/c1-3-5-7-9-11-13-15-17-19-21-23-25-27-29-31-33-39(43)41-35-37-42(38-36-41)40(44)34-32-30-28-26-24-22-20-18-16-14-12-10-8-6-4-2;1-2/h3-38H2,1-2H3;1-2H2. The van der Waals surface area contributed by atoms with Gasteiger partial charge in [0.15, 0.2) is 0 Å². The molecule has 4 nitrogen and oxygen atoms in total. The Morgan fingerprint density at radius 3 is 0.717 bits per heavy atom. The molecule has 46 heavy (non-hydrogen) atoms. The molecule has 0 bridgehead atoms. The zero-order valence-electron chi connectivity index (χ0n) is 31.6. The number of amides is 2. The van der Waals surface area contributed by atoms with Crippen LogP contribution in [0.2, 0.25) is 0 Å². The van der Waals surface area contributed by atoms with Crippen LogP contribution >= 0.6 is 0 Å². The van der Waals surface area contributed by atoms with Gasteiger partial charge in [-0.15, -0.1) is 13.2 Å². The molecule has 0 spiro atoms. The van der Waals surface area contributed by atoms with Gasteiger partial charge in [-0.1, -0.05) is 194 Å². The van der Waals surface area contributed by atoms with Gasteiger partial charge >= 0.3 is 0 Å². The predicted octanol–water partition coefficient (Wildman–Crippen LogP) is 13.0. The molecule has 272 valence electrons. The second-order valence-corrected chi connectivity index (χ2v) is 14.2. The molecule has 1 rings (SSSR count). The van der Waals surface area contributed by atoms with Crippen molar-refractivity contribution in [2.75, 3.05) is 26.2 Å². The van der Waals surface area contributed by atoms with Crippen molar-refractivity contribution in [3.8, 4) is 0 Å². The maximum Gasteiger partial charge on any atom is 0.222 e. The first kappa shape index (κ1) is 44.7. The molecule has 0 aromatic heterocycles. The number of unbranched alkanes of at least 4 members (excludes halogenated alkanes) is 28. The van der Waals surface area contributed by atoms with Crippen LogP contribution in [0.5, 0.6) is 0 Å². The van der Waals surface area contributed by atoms with E-state index in [2.05, 4.69) is 27.0 Å². The van der Waals surface area contributed by atoms with E-state index in [-0.39, 0.29) is 0 Å². The van der Waals surface area contributed by atoms with Gasteiger partial charge in [0, 0.05) is 39.0 Å². The van der Waals surface area contributed by atoms with Gasteiger partial charge in [0.2, 0.25) is 11.8 Å². The van der Waals surface area contributed by atoms with Gasteiger partial charge in [-0.25, -0.2) is 0 Å². The molecule has 0 N–H and O–H groups in total. The first-order valence-electron chi connectivity index (χ1n) is 20.7. The molecule has 2 amide bonds. The fraction of sp³-hybridized carbons (Fsp3) is 0.905. The quantitative estimate of drug-likeness (QED) is 0.0539. The number of carbonyl (C=O) groups excluding carboxylic acids is 2. The van der Waals surface area contributed by atoms with Crippen LogP contribution in [-0.2, 0) is 9.59 Å². The molecular formula is C42H82N2O2. The molecular weight excluding hydrogens is 564 g/mol. The Kier molecular flexibility index (Phi) is 35.5. The molecule has 0 unspecified atom stereocenters. The van der Waals surface area contributed by atoms with Gasteiger partial charge in [0.25, 0.3) is 0 Å². The summed E-state index contributed by atoms with van der Waals surface area (Å²) in [5, 5.41) is 0. The lowest BCUT2D eigenvalue weighted by atomic mass is 10.0. The second kappa shape index (κ2) is 36.5. The minimum absolute atomic E-state index is 0.300. The normalized spacial score (nSPS) is 13.1. The number of hydrogen-bond acceptors (Lipinski definition) is 2. The lowest BCUT2D eigenvalue weighted by molar-refractivity contribution is -0.139. The maximum absolute atomic E-state index is 12.7. The van der Waals surface area contributed by atoms with Crippen LogP contribution in [0.4, 0.5) is 0 Å². The average Bonchev–Trinajstić information content (AvgIpc) is 3.09. The first-order chi connectivity index (χ1) is 22.7. The van der Waals surface area contributed by atoms with Crippen LogP contribution in [0.15, 0.2) is 13.2 Å². The highest BCUT2D eigenvalue weighted by Gasteiger charge is 2.23. The molecule has 0 radical (unpaired) electrons. The van der Waals surface area contributed by atoms with E-state index >= 15 is 0 Å². The third-order valence-electron chi connectivity index (χ3n) is 9.97. The molecule has 0 aliphatic carbocycles. The summed E-state index contributed by atoms with van der Waals surface area (Å²) in [5.41, 5.74) is 0. The van der Waals surface area contributed by atoms with Gasteiger partial charge in [-0.05, 0) is 12.8 Å². The zero-order valence-corrected chi connectivity index (χ0v) is 31.6. The highest BCUT2D eigenvalue weighted by molar-refractivity contribution is 5.78. The number of carbonyl (C=O) groups is 2. The van der Waals surface area contributed by atoms with Crippen molar-refractivity contribution >= 4 is 11.8 Å². The largest absolute Gasteiger partial charge is 0.339 e. The summed E-state index contributed by atoms with van der Waals surface area (Å²) in [6, 6.07) is 0. The Hall–Kier alpha value is -1.32. The predicted molar refractivity (Wildman–Crippen MR) is 204 cm³/mol. The topological polar surface area (TPSA) is 40.6 Å². The molecule has 1 aliphatic rings. The SMILES string of the molecule is C=C.CCCCCCCCCCCCCCCCCC(=O)N1CCN(C(=O)CCCCCCCCCCCCCCCCC)CC1. The van der Waals surface area contributed by atoms with E-state index in [9.17, 15) is 9.59 Å². The van der Waals surface area contributed by atoms with Crippen molar-refractivity contribution in [3.63, 3.8) is 0 Å². The first-order valence-corrected chi connectivity index (χ1v) is 20.7. The van der Waals surface area contributed by atoms with E-state index < -0.39 is 0 Å². The van der Waals surface area contributed by atoms with Crippen LogP contribution < -0.4 is 0 Å². The number of piperazine rings is 1. The fourth-order valence-electron chi connectivity index (χ4n) is 6.82. The average molecular weight is 647 g/mol. The van der Waals surface area contributed by atoms with Crippen molar-refractivity contribution in [2.24, 2.45) is 0 Å². The summed E-state index contributed by atoms with van der Waals surface area (Å²) in [6.07, 6.45) is 41.9. The van der Waals surface area contributed by atoms with E-state index in [1.54, 1.807) is 0 Å². The van der Waals surface area contributed by atoms with Gasteiger partial charge in [-0.3, -0.25) is 9.59 Å². The lowest BCUT2D eigenvalue weighted by Crippen LogP contribution is -2.50. The van der Waals surface area contributed by atoms with Crippen LogP contribution in [0.1, 0.15) is 219 Å². The Morgan fingerprint density at radius 2 is 0.522 bits per heavy atom. The maximum atomic E-state index is 12.7. The molecule has 1 aliphatic heterocycles. The number of hydrogen-bond donors (Lipinski definition) is 0. The fourth-order valence-corrected chi connectivity index (χ4v) is 6.82. The van der Waals surface area contributed by atoms with Crippen LogP contribution in [0.3, 0.4) is 0 Å². The lowest BCUT2D eigenvalue weighted by Gasteiger charge is -2.35. The second-order valence-electron chi connectivity index (χ2n) is 14.2. The summed E-state index contributed by atoms with van der Waals surface area (Å²) in [6.45, 7) is 13.5. The van der Waals surface area contributed by atoms with Crippen LogP contribution in [0, 0.1) is 0 Å². The van der Waals surface area contributed by atoms with Gasteiger partial charge in [0.1, 0.15) is 0 Å². The summed E-state index contributed by atoms with van der Waals surface area (Å²) in [7, 11) is 0. The highest BCUT2D eigenvalue weighted by Crippen LogP contribution is 2.16. The van der Waals surface area contributed by atoms with Gasteiger partial charge in [-0.2, -0.15) is 0 Å². The Morgan fingerprint density at radius 1 is 0.348 bits per heavy atom. The van der Waals surface area contributed by atoms with E-state index in [1.807, 2.05) is 9.80 Å². The highest BCUT2D eigenvalue weighted by atomic mass is 16.2. The zero-order chi connectivity index (χ0) is 33.8. The molecule has 0 atom stereocenters. The van der Waals surface area contributed by atoms with E-state index in [0.29, 0.717) is 24.7 Å². The van der Waals surface area contributed by atoms with Crippen molar-refractivity contribution in [2.45, 2.75) is 219 Å². The molecule has 0 aromatic carbocycles. The van der Waals surface area contributed by atoms with Gasteiger partial charge in [0.05, 0.1) is 0 Å².